The lowest BCUT2D eigenvalue weighted by molar-refractivity contribution is 0.122. The largest absolute Gasteiger partial charge is 0.378 e. The van der Waals surface area contributed by atoms with Crippen molar-refractivity contribution >= 4 is 17.5 Å². The van der Waals surface area contributed by atoms with Crippen LogP contribution >= 0.6 is 0 Å². The third-order valence-electron chi connectivity index (χ3n) is 4.29. The SMILES string of the molecule is Fc1ccc(Nc2nc(-c3ccccc3)cc(N3CCOCC3)n2)cc1F. The van der Waals surface area contributed by atoms with Gasteiger partial charge in [0.05, 0.1) is 18.9 Å². The number of rotatable bonds is 4. The molecule has 1 aliphatic rings. The molecular weight excluding hydrogens is 350 g/mol. The van der Waals surface area contributed by atoms with Crippen LogP contribution in [0, 0.1) is 11.6 Å². The molecule has 0 unspecified atom stereocenters. The van der Waals surface area contributed by atoms with E-state index < -0.39 is 11.6 Å². The van der Waals surface area contributed by atoms with Crippen molar-refractivity contribution in [3.05, 3.63) is 66.2 Å². The van der Waals surface area contributed by atoms with Gasteiger partial charge in [-0.25, -0.2) is 13.8 Å². The first-order valence-electron chi connectivity index (χ1n) is 8.68. The molecule has 138 valence electrons. The van der Waals surface area contributed by atoms with Crippen molar-refractivity contribution in [1.82, 2.24) is 9.97 Å². The van der Waals surface area contributed by atoms with Crippen LogP contribution in [0.15, 0.2) is 54.6 Å². The van der Waals surface area contributed by atoms with Gasteiger partial charge in [0.2, 0.25) is 5.95 Å². The molecule has 0 saturated carbocycles. The Bertz CT molecular complexity index is 931. The van der Waals surface area contributed by atoms with E-state index in [2.05, 4.69) is 20.2 Å². The predicted molar refractivity (Wildman–Crippen MR) is 100 cm³/mol. The fourth-order valence-electron chi connectivity index (χ4n) is 2.90. The van der Waals surface area contributed by atoms with E-state index in [0.717, 1.165) is 42.3 Å². The number of hydrogen-bond donors (Lipinski definition) is 1. The highest BCUT2D eigenvalue weighted by Crippen LogP contribution is 2.26. The average Bonchev–Trinajstić information content (AvgIpc) is 2.72. The van der Waals surface area contributed by atoms with Gasteiger partial charge in [0.1, 0.15) is 5.82 Å². The molecule has 0 aliphatic carbocycles. The van der Waals surface area contributed by atoms with Crippen LogP contribution in [0.5, 0.6) is 0 Å². The van der Waals surface area contributed by atoms with Gasteiger partial charge in [0.25, 0.3) is 0 Å². The fourth-order valence-corrected chi connectivity index (χ4v) is 2.90. The van der Waals surface area contributed by atoms with Crippen molar-refractivity contribution in [1.29, 1.82) is 0 Å². The number of aromatic nitrogens is 2. The molecule has 3 aromatic rings. The minimum absolute atomic E-state index is 0.323. The zero-order valence-electron chi connectivity index (χ0n) is 14.5. The number of nitrogens with zero attached hydrogens (tertiary/aromatic N) is 3. The Hall–Kier alpha value is -3.06. The van der Waals surface area contributed by atoms with E-state index >= 15 is 0 Å². The highest BCUT2D eigenvalue weighted by Gasteiger charge is 2.16. The fraction of sp³-hybridized carbons (Fsp3) is 0.200. The minimum atomic E-state index is -0.924. The lowest BCUT2D eigenvalue weighted by Crippen LogP contribution is -2.36. The maximum Gasteiger partial charge on any atom is 0.229 e. The lowest BCUT2D eigenvalue weighted by atomic mass is 10.1. The predicted octanol–water partition coefficient (Wildman–Crippen LogP) is 4.00. The number of benzene rings is 2. The van der Waals surface area contributed by atoms with Gasteiger partial charge in [0, 0.05) is 36.5 Å². The van der Waals surface area contributed by atoms with E-state index in [-0.39, 0.29) is 0 Å². The summed E-state index contributed by atoms with van der Waals surface area (Å²) in [7, 11) is 0. The van der Waals surface area contributed by atoms with Gasteiger partial charge < -0.3 is 15.0 Å². The van der Waals surface area contributed by atoms with Gasteiger partial charge in [-0.1, -0.05) is 30.3 Å². The molecule has 27 heavy (non-hydrogen) atoms. The lowest BCUT2D eigenvalue weighted by Gasteiger charge is -2.28. The number of anilines is 3. The van der Waals surface area contributed by atoms with E-state index in [1.54, 1.807) is 0 Å². The van der Waals surface area contributed by atoms with Gasteiger partial charge in [-0.3, -0.25) is 0 Å². The van der Waals surface area contributed by atoms with Crippen LogP contribution in [-0.4, -0.2) is 36.3 Å². The second-order valence-corrected chi connectivity index (χ2v) is 6.15. The molecule has 4 rings (SSSR count). The first-order valence-corrected chi connectivity index (χ1v) is 8.68. The quantitative estimate of drug-likeness (QED) is 0.754. The Morgan fingerprint density at radius 3 is 2.41 bits per heavy atom. The summed E-state index contributed by atoms with van der Waals surface area (Å²) < 4.78 is 32.1. The average molecular weight is 368 g/mol. The first kappa shape index (κ1) is 17.4. The second-order valence-electron chi connectivity index (χ2n) is 6.15. The monoisotopic (exact) mass is 368 g/mol. The summed E-state index contributed by atoms with van der Waals surface area (Å²) in [5.41, 5.74) is 2.08. The molecule has 1 N–H and O–H groups in total. The van der Waals surface area contributed by atoms with Gasteiger partial charge in [-0.05, 0) is 12.1 Å². The highest BCUT2D eigenvalue weighted by atomic mass is 19.2. The van der Waals surface area contributed by atoms with Crippen LogP contribution in [-0.2, 0) is 4.74 Å². The van der Waals surface area contributed by atoms with Gasteiger partial charge in [-0.15, -0.1) is 0 Å². The smallest absolute Gasteiger partial charge is 0.229 e. The third kappa shape index (κ3) is 4.03. The van der Waals surface area contributed by atoms with Crippen LogP contribution in [0.4, 0.5) is 26.2 Å². The maximum absolute atomic E-state index is 13.5. The van der Waals surface area contributed by atoms with Crippen LogP contribution in [0.2, 0.25) is 0 Å². The summed E-state index contributed by atoms with van der Waals surface area (Å²) in [6.45, 7) is 2.74. The topological polar surface area (TPSA) is 50.3 Å². The molecule has 0 amide bonds. The van der Waals surface area contributed by atoms with Crippen LogP contribution in [0.25, 0.3) is 11.3 Å². The number of ether oxygens (including phenoxy) is 1. The van der Waals surface area contributed by atoms with Crippen molar-refractivity contribution in [2.45, 2.75) is 0 Å². The molecule has 1 aliphatic heterocycles. The van der Waals surface area contributed by atoms with E-state index in [0.29, 0.717) is 24.8 Å². The summed E-state index contributed by atoms with van der Waals surface area (Å²) in [6, 6.07) is 15.3. The van der Waals surface area contributed by atoms with Gasteiger partial charge in [0.15, 0.2) is 11.6 Å². The normalized spacial score (nSPS) is 14.2. The van der Waals surface area contributed by atoms with Crippen molar-refractivity contribution < 1.29 is 13.5 Å². The number of nitrogens with one attached hydrogen (secondary N) is 1. The molecule has 1 aromatic heterocycles. The standard InChI is InChI=1S/C20H18F2N4O/c21-16-7-6-15(12-17(16)22)23-20-24-18(14-4-2-1-3-5-14)13-19(25-20)26-8-10-27-11-9-26/h1-7,12-13H,8-11H2,(H,23,24,25). The summed E-state index contributed by atoms with van der Waals surface area (Å²) in [5, 5.41) is 2.97. The zero-order valence-corrected chi connectivity index (χ0v) is 14.5. The molecule has 1 fully saturated rings. The summed E-state index contributed by atoms with van der Waals surface area (Å²) >= 11 is 0. The van der Waals surface area contributed by atoms with E-state index in [1.807, 2.05) is 36.4 Å². The van der Waals surface area contributed by atoms with Crippen molar-refractivity contribution in [2.75, 3.05) is 36.5 Å². The molecule has 5 nitrogen and oxygen atoms in total. The molecular formula is C20H18F2N4O. The molecule has 0 spiro atoms. The van der Waals surface area contributed by atoms with Crippen LogP contribution in [0.1, 0.15) is 0 Å². The molecule has 2 heterocycles. The summed E-state index contributed by atoms with van der Waals surface area (Å²) in [6.07, 6.45) is 0. The Balaban J connectivity index is 1.71. The number of morpholine rings is 1. The molecule has 1 saturated heterocycles. The zero-order chi connectivity index (χ0) is 18.6. The highest BCUT2D eigenvalue weighted by molar-refractivity contribution is 5.66. The first-order chi connectivity index (χ1) is 13.2. The molecule has 0 atom stereocenters. The molecule has 0 bridgehead atoms. The summed E-state index contributed by atoms with van der Waals surface area (Å²) in [4.78, 5) is 11.2. The van der Waals surface area contributed by atoms with E-state index in [9.17, 15) is 8.78 Å². The van der Waals surface area contributed by atoms with Crippen LogP contribution in [0.3, 0.4) is 0 Å². The Morgan fingerprint density at radius 1 is 0.889 bits per heavy atom. The second kappa shape index (κ2) is 7.67. The minimum Gasteiger partial charge on any atom is -0.378 e. The van der Waals surface area contributed by atoms with Crippen molar-refractivity contribution in [3.8, 4) is 11.3 Å². The van der Waals surface area contributed by atoms with Gasteiger partial charge >= 0.3 is 0 Å². The Kier molecular flexibility index (Phi) is 4.93. The third-order valence-corrected chi connectivity index (χ3v) is 4.29. The van der Waals surface area contributed by atoms with Crippen molar-refractivity contribution in [2.24, 2.45) is 0 Å². The summed E-state index contributed by atoms with van der Waals surface area (Å²) in [5.74, 6) is -0.734. The number of hydrogen-bond acceptors (Lipinski definition) is 5. The van der Waals surface area contributed by atoms with Crippen molar-refractivity contribution in [3.63, 3.8) is 0 Å². The van der Waals surface area contributed by atoms with E-state index in [1.165, 1.54) is 6.07 Å². The number of halogens is 2. The van der Waals surface area contributed by atoms with Crippen LogP contribution < -0.4 is 10.2 Å². The maximum atomic E-state index is 13.5. The van der Waals surface area contributed by atoms with E-state index in [4.69, 9.17) is 4.74 Å². The Morgan fingerprint density at radius 2 is 1.67 bits per heavy atom. The molecule has 0 radical (unpaired) electrons. The molecule has 7 heteroatoms. The van der Waals surface area contributed by atoms with Gasteiger partial charge in [-0.2, -0.15) is 4.98 Å². The molecule has 2 aromatic carbocycles. The Labute approximate surface area is 155 Å².